The van der Waals surface area contributed by atoms with E-state index in [9.17, 15) is 13.2 Å². The number of morpholine rings is 1. The molecule has 7 nitrogen and oxygen atoms in total. The first-order valence-electron chi connectivity index (χ1n) is 9.37. The van der Waals surface area contributed by atoms with Crippen molar-refractivity contribution in [1.82, 2.24) is 9.62 Å². The quantitative estimate of drug-likeness (QED) is 0.796. The normalized spacial score (nSPS) is 19.8. The first-order chi connectivity index (χ1) is 14.0. The van der Waals surface area contributed by atoms with Gasteiger partial charge in [0.1, 0.15) is 5.75 Å². The summed E-state index contributed by atoms with van der Waals surface area (Å²) in [7, 11) is -3.72. The molecule has 0 aliphatic carbocycles. The number of amides is 1. The molecule has 1 N–H and O–H groups in total. The topological polar surface area (TPSA) is 84.9 Å². The van der Waals surface area contributed by atoms with Crippen LogP contribution in [-0.4, -0.2) is 51.5 Å². The maximum atomic E-state index is 12.9. The molecule has 1 saturated heterocycles. The number of halogens is 1. The zero-order valence-electron chi connectivity index (χ0n) is 15.6. The van der Waals surface area contributed by atoms with Gasteiger partial charge in [-0.05, 0) is 24.3 Å². The summed E-state index contributed by atoms with van der Waals surface area (Å²) < 4.78 is 38.0. The molecule has 4 rings (SSSR count). The lowest BCUT2D eigenvalue weighted by molar-refractivity contribution is 0.0730. The monoisotopic (exact) mass is 436 g/mol. The van der Waals surface area contributed by atoms with Crippen molar-refractivity contribution in [2.45, 2.75) is 17.4 Å². The van der Waals surface area contributed by atoms with E-state index in [1.54, 1.807) is 0 Å². The van der Waals surface area contributed by atoms with Crippen LogP contribution in [0.2, 0.25) is 5.02 Å². The molecule has 0 spiro atoms. The summed E-state index contributed by atoms with van der Waals surface area (Å²) in [6, 6.07) is 11.5. The van der Waals surface area contributed by atoms with Crippen LogP contribution < -0.4 is 10.1 Å². The highest BCUT2D eigenvalue weighted by Crippen LogP contribution is 2.32. The predicted molar refractivity (Wildman–Crippen MR) is 108 cm³/mol. The van der Waals surface area contributed by atoms with E-state index in [1.165, 1.54) is 22.5 Å². The molecule has 29 heavy (non-hydrogen) atoms. The summed E-state index contributed by atoms with van der Waals surface area (Å²) in [6.45, 7) is 1.75. The van der Waals surface area contributed by atoms with Crippen LogP contribution in [0.3, 0.4) is 0 Å². The Labute approximate surface area is 174 Å². The Bertz CT molecular complexity index is 1020. The first-order valence-corrected chi connectivity index (χ1v) is 11.2. The first kappa shape index (κ1) is 20.2. The second-order valence-electron chi connectivity index (χ2n) is 6.86. The van der Waals surface area contributed by atoms with E-state index >= 15 is 0 Å². The van der Waals surface area contributed by atoms with Gasteiger partial charge in [-0.1, -0.05) is 29.8 Å². The Morgan fingerprint density at radius 2 is 1.86 bits per heavy atom. The van der Waals surface area contributed by atoms with E-state index in [4.69, 9.17) is 21.1 Å². The van der Waals surface area contributed by atoms with E-state index in [-0.39, 0.29) is 34.6 Å². The minimum Gasteiger partial charge on any atom is -0.493 e. The molecule has 0 bridgehead atoms. The van der Waals surface area contributed by atoms with Gasteiger partial charge in [0.15, 0.2) is 0 Å². The fraction of sp³-hybridized carbons (Fsp3) is 0.350. The molecule has 9 heteroatoms. The van der Waals surface area contributed by atoms with Gasteiger partial charge in [0.25, 0.3) is 5.91 Å². The van der Waals surface area contributed by atoms with Crippen molar-refractivity contribution in [2.24, 2.45) is 0 Å². The Morgan fingerprint density at radius 3 is 2.66 bits per heavy atom. The van der Waals surface area contributed by atoms with Crippen molar-refractivity contribution in [1.29, 1.82) is 0 Å². The molecule has 0 saturated carbocycles. The van der Waals surface area contributed by atoms with Crippen molar-refractivity contribution in [3.8, 4) is 5.75 Å². The van der Waals surface area contributed by atoms with Gasteiger partial charge in [0.05, 0.1) is 41.3 Å². The number of fused-ring (bicyclic) bond motifs is 1. The van der Waals surface area contributed by atoms with E-state index in [2.05, 4.69) is 5.32 Å². The van der Waals surface area contributed by atoms with Crippen molar-refractivity contribution in [3.05, 3.63) is 58.6 Å². The molecule has 0 aromatic heterocycles. The van der Waals surface area contributed by atoms with Crippen LogP contribution in [0.1, 0.15) is 28.4 Å². The van der Waals surface area contributed by atoms with Crippen LogP contribution in [-0.2, 0) is 14.8 Å². The van der Waals surface area contributed by atoms with Gasteiger partial charge in [0, 0.05) is 25.1 Å². The maximum Gasteiger partial charge on any atom is 0.253 e. The molecule has 0 unspecified atom stereocenters. The molecule has 2 heterocycles. The Balaban J connectivity index is 1.59. The van der Waals surface area contributed by atoms with Gasteiger partial charge >= 0.3 is 0 Å². The second-order valence-corrected chi connectivity index (χ2v) is 9.20. The summed E-state index contributed by atoms with van der Waals surface area (Å²) in [5.74, 6) is 0.314. The number of para-hydroxylation sites is 1. The van der Waals surface area contributed by atoms with Gasteiger partial charge in [-0.2, -0.15) is 4.31 Å². The zero-order chi connectivity index (χ0) is 20.4. The number of hydrogen-bond acceptors (Lipinski definition) is 5. The molecular weight excluding hydrogens is 416 g/mol. The van der Waals surface area contributed by atoms with Crippen molar-refractivity contribution in [3.63, 3.8) is 0 Å². The molecule has 1 atom stereocenters. The van der Waals surface area contributed by atoms with Crippen LogP contribution in [0.4, 0.5) is 0 Å². The molecule has 0 radical (unpaired) electrons. The van der Waals surface area contributed by atoms with Gasteiger partial charge < -0.3 is 14.8 Å². The van der Waals surface area contributed by atoms with Gasteiger partial charge in [-0.25, -0.2) is 8.42 Å². The van der Waals surface area contributed by atoms with Crippen LogP contribution >= 0.6 is 11.6 Å². The molecule has 2 aromatic carbocycles. The minimum absolute atomic E-state index is 0.0429. The lowest BCUT2D eigenvalue weighted by Crippen LogP contribution is -2.40. The van der Waals surface area contributed by atoms with Crippen molar-refractivity contribution in [2.75, 3.05) is 32.9 Å². The third-order valence-corrected chi connectivity index (χ3v) is 7.28. The van der Waals surface area contributed by atoms with Gasteiger partial charge in [-0.3, -0.25) is 4.79 Å². The summed E-state index contributed by atoms with van der Waals surface area (Å²) in [5.41, 5.74) is 1.02. The van der Waals surface area contributed by atoms with E-state index in [0.29, 0.717) is 26.2 Å². The zero-order valence-corrected chi connectivity index (χ0v) is 17.2. The SMILES string of the molecule is O=C(N[C@H]1CCOc2ccccc21)c1cc(S(=O)(=O)N2CCOCC2)ccc1Cl. The number of ether oxygens (including phenoxy) is 2. The fourth-order valence-corrected chi connectivity index (χ4v) is 5.14. The number of carbonyl (C=O) groups excluding carboxylic acids is 1. The molecule has 1 amide bonds. The number of hydrogen-bond donors (Lipinski definition) is 1. The Morgan fingerprint density at radius 1 is 1.10 bits per heavy atom. The highest BCUT2D eigenvalue weighted by Gasteiger charge is 2.29. The highest BCUT2D eigenvalue weighted by atomic mass is 35.5. The molecule has 1 fully saturated rings. The number of sulfonamides is 1. The lowest BCUT2D eigenvalue weighted by atomic mass is 10.00. The predicted octanol–water partition coefficient (Wildman–Crippen LogP) is 2.61. The molecule has 154 valence electrons. The van der Waals surface area contributed by atoms with Gasteiger partial charge in [0.2, 0.25) is 10.0 Å². The van der Waals surface area contributed by atoms with Crippen LogP contribution in [0, 0.1) is 0 Å². The Hall–Kier alpha value is -2.13. The maximum absolute atomic E-state index is 12.9. The standard InChI is InChI=1S/C20H21ClN2O5S/c21-17-6-5-14(29(25,26)23-8-11-27-12-9-23)13-16(17)20(24)22-18-7-10-28-19-4-2-1-3-15(18)19/h1-6,13,18H,7-12H2,(H,22,24)/t18-/m0/s1. The third-order valence-electron chi connectivity index (χ3n) is 5.05. The number of rotatable bonds is 4. The lowest BCUT2D eigenvalue weighted by Gasteiger charge is -2.27. The molecule has 2 aliphatic rings. The van der Waals surface area contributed by atoms with Crippen molar-refractivity contribution < 1.29 is 22.7 Å². The summed E-state index contributed by atoms with van der Waals surface area (Å²) >= 11 is 6.23. The second kappa shape index (κ2) is 8.31. The largest absolute Gasteiger partial charge is 0.493 e. The molecule has 2 aromatic rings. The van der Waals surface area contributed by atoms with E-state index < -0.39 is 15.9 Å². The van der Waals surface area contributed by atoms with Crippen LogP contribution in [0.5, 0.6) is 5.75 Å². The number of nitrogens with one attached hydrogen (secondary N) is 1. The number of nitrogens with zero attached hydrogens (tertiary/aromatic N) is 1. The van der Waals surface area contributed by atoms with Gasteiger partial charge in [-0.15, -0.1) is 0 Å². The number of carbonyl (C=O) groups is 1. The average Bonchev–Trinajstić information content (AvgIpc) is 2.75. The van der Waals surface area contributed by atoms with E-state index in [0.717, 1.165) is 11.3 Å². The Kier molecular flexibility index (Phi) is 5.78. The summed E-state index contributed by atoms with van der Waals surface area (Å²) in [5, 5.41) is 3.16. The number of benzene rings is 2. The van der Waals surface area contributed by atoms with Crippen molar-refractivity contribution >= 4 is 27.5 Å². The molecular formula is C20H21ClN2O5S. The van der Waals surface area contributed by atoms with Crippen LogP contribution in [0.25, 0.3) is 0 Å². The summed E-state index contributed by atoms with van der Waals surface area (Å²) in [6.07, 6.45) is 0.617. The average molecular weight is 437 g/mol. The van der Waals surface area contributed by atoms with Crippen LogP contribution in [0.15, 0.2) is 47.4 Å². The fourth-order valence-electron chi connectivity index (χ4n) is 3.50. The summed E-state index contributed by atoms with van der Waals surface area (Å²) in [4.78, 5) is 13.0. The minimum atomic E-state index is -3.72. The molecule has 2 aliphatic heterocycles. The smallest absolute Gasteiger partial charge is 0.253 e. The highest BCUT2D eigenvalue weighted by molar-refractivity contribution is 7.89. The van der Waals surface area contributed by atoms with E-state index in [1.807, 2.05) is 24.3 Å². The third kappa shape index (κ3) is 4.11.